The number of methoxy groups -OCH3 is 2. The van der Waals surface area contributed by atoms with Crippen molar-refractivity contribution < 1.29 is 14.3 Å². The second-order valence-corrected chi connectivity index (χ2v) is 10.6. The van der Waals surface area contributed by atoms with E-state index in [1.807, 2.05) is 36.4 Å². The summed E-state index contributed by atoms with van der Waals surface area (Å²) < 4.78 is 11.0. The maximum absolute atomic E-state index is 13.0. The molecular formula is C32H39N3O3. The fraction of sp³-hybridized carbons (Fsp3) is 0.406. The lowest BCUT2D eigenvalue weighted by Gasteiger charge is -2.38. The van der Waals surface area contributed by atoms with Crippen LogP contribution in [0.3, 0.4) is 0 Å². The lowest BCUT2D eigenvalue weighted by atomic mass is 9.88. The molecule has 1 N–H and O–H groups in total. The highest BCUT2D eigenvalue weighted by molar-refractivity contribution is 5.78. The predicted molar refractivity (Wildman–Crippen MR) is 152 cm³/mol. The number of nitrogens with zero attached hydrogens (tertiary/aromatic N) is 2. The molecule has 6 heteroatoms. The zero-order chi connectivity index (χ0) is 26.5. The molecule has 3 aromatic rings. The van der Waals surface area contributed by atoms with E-state index in [2.05, 4.69) is 52.5 Å². The summed E-state index contributed by atoms with van der Waals surface area (Å²) in [5.74, 6) is 2.35. The number of rotatable bonds is 11. The molecule has 0 radical (unpaired) electrons. The first-order valence-electron chi connectivity index (χ1n) is 13.6. The Hall–Kier alpha value is -3.51. The quantitative estimate of drug-likeness (QED) is 0.391. The highest BCUT2D eigenvalue weighted by atomic mass is 16.5. The van der Waals surface area contributed by atoms with Crippen LogP contribution in [-0.4, -0.2) is 51.7 Å². The lowest BCUT2D eigenvalue weighted by Crippen LogP contribution is -2.43. The topological polar surface area (TPSA) is 54.0 Å². The number of carbonyl (C=O) groups is 1. The van der Waals surface area contributed by atoms with Gasteiger partial charge in [-0.15, -0.1) is 0 Å². The third kappa shape index (κ3) is 6.30. The average molecular weight is 514 g/mol. The summed E-state index contributed by atoms with van der Waals surface area (Å²) in [4.78, 5) is 17.8. The van der Waals surface area contributed by atoms with Crippen LogP contribution in [0, 0.1) is 5.92 Å². The van der Waals surface area contributed by atoms with Crippen molar-refractivity contribution in [3.63, 3.8) is 0 Å². The smallest absolute Gasteiger partial charge is 0.234 e. The Morgan fingerprint density at radius 1 is 0.974 bits per heavy atom. The van der Waals surface area contributed by atoms with E-state index in [4.69, 9.17) is 9.47 Å². The molecule has 1 aliphatic heterocycles. The van der Waals surface area contributed by atoms with E-state index in [-0.39, 0.29) is 11.9 Å². The number of hydrogen-bond donors (Lipinski definition) is 1. The fourth-order valence-corrected chi connectivity index (χ4v) is 5.48. The first-order valence-corrected chi connectivity index (χ1v) is 13.6. The van der Waals surface area contributed by atoms with Gasteiger partial charge in [0.15, 0.2) is 11.5 Å². The molecule has 1 saturated carbocycles. The third-order valence-electron chi connectivity index (χ3n) is 7.82. The maximum Gasteiger partial charge on any atom is 0.234 e. The first kappa shape index (κ1) is 26.1. The Morgan fingerprint density at radius 2 is 1.76 bits per heavy atom. The van der Waals surface area contributed by atoms with Gasteiger partial charge < -0.3 is 19.7 Å². The van der Waals surface area contributed by atoms with Gasteiger partial charge in [0.2, 0.25) is 5.91 Å². The summed E-state index contributed by atoms with van der Waals surface area (Å²) in [6, 6.07) is 23.2. The summed E-state index contributed by atoms with van der Waals surface area (Å²) in [6.07, 6.45) is 4.43. The largest absolute Gasteiger partial charge is 0.493 e. The number of carbonyl (C=O) groups excluding carboxylic acids is 1. The Labute approximate surface area is 226 Å². The second-order valence-electron chi connectivity index (χ2n) is 10.6. The van der Waals surface area contributed by atoms with E-state index < -0.39 is 0 Å². The standard InChI is InChI=1S/C32H39N3O3/c1-34(21-24-9-10-24)27-12-13-28-26(19-27)15-16-35(22-32(36)33-20-23-7-5-4-6-8-23)29(28)17-25-11-14-30(37-2)31(18-25)38-3/h4-8,11-14,18-19,24,29H,9-10,15-17,20-22H2,1-3H3,(H,33,36). The van der Waals surface area contributed by atoms with Gasteiger partial charge in [-0.1, -0.05) is 42.5 Å². The molecule has 200 valence electrons. The van der Waals surface area contributed by atoms with E-state index >= 15 is 0 Å². The van der Waals surface area contributed by atoms with Gasteiger partial charge in [-0.25, -0.2) is 0 Å². The molecule has 0 bridgehead atoms. The van der Waals surface area contributed by atoms with Gasteiger partial charge in [0.05, 0.1) is 20.8 Å². The van der Waals surface area contributed by atoms with Crippen LogP contribution >= 0.6 is 0 Å². The predicted octanol–water partition coefficient (Wildman–Crippen LogP) is 5.01. The molecule has 0 spiro atoms. The van der Waals surface area contributed by atoms with Crippen LogP contribution in [0.1, 0.15) is 41.1 Å². The zero-order valence-corrected chi connectivity index (χ0v) is 22.8. The highest BCUT2D eigenvalue weighted by Gasteiger charge is 2.30. The number of ether oxygens (including phenoxy) is 2. The van der Waals surface area contributed by atoms with Crippen LogP contribution in [0.4, 0.5) is 5.69 Å². The van der Waals surface area contributed by atoms with Crippen molar-refractivity contribution in [2.45, 2.75) is 38.3 Å². The van der Waals surface area contributed by atoms with Gasteiger partial charge in [0.25, 0.3) is 0 Å². The van der Waals surface area contributed by atoms with E-state index in [1.165, 1.54) is 29.7 Å². The summed E-state index contributed by atoms with van der Waals surface area (Å²) in [6.45, 7) is 2.88. The van der Waals surface area contributed by atoms with Crippen molar-refractivity contribution in [2.24, 2.45) is 5.92 Å². The highest BCUT2D eigenvalue weighted by Crippen LogP contribution is 2.37. The normalized spacial score (nSPS) is 17.0. The summed E-state index contributed by atoms with van der Waals surface area (Å²) in [7, 11) is 5.52. The summed E-state index contributed by atoms with van der Waals surface area (Å²) >= 11 is 0. The maximum atomic E-state index is 13.0. The van der Waals surface area contributed by atoms with Gasteiger partial charge in [-0.3, -0.25) is 9.69 Å². The van der Waals surface area contributed by atoms with Crippen LogP contribution in [-0.2, 0) is 24.2 Å². The Kier molecular flexibility index (Phi) is 8.18. The zero-order valence-electron chi connectivity index (χ0n) is 22.8. The minimum absolute atomic E-state index is 0.0513. The van der Waals surface area contributed by atoms with Crippen molar-refractivity contribution in [2.75, 3.05) is 45.8 Å². The molecule has 1 unspecified atom stereocenters. The van der Waals surface area contributed by atoms with Crippen LogP contribution in [0.5, 0.6) is 11.5 Å². The van der Waals surface area contributed by atoms with Crippen molar-refractivity contribution in [1.29, 1.82) is 0 Å². The number of amides is 1. The molecule has 1 amide bonds. The van der Waals surface area contributed by atoms with Crippen LogP contribution in [0.15, 0.2) is 66.7 Å². The van der Waals surface area contributed by atoms with Gasteiger partial charge in [-0.05, 0) is 78.1 Å². The number of nitrogens with one attached hydrogen (secondary N) is 1. The van der Waals surface area contributed by atoms with Crippen molar-refractivity contribution in [3.05, 3.63) is 89.0 Å². The van der Waals surface area contributed by atoms with Crippen molar-refractivity contribution in [1.82, 2.24) is 10.2 Å². The lowest BCUT2D eigenvalue weighted by molar-refractivity contribution is -0.123. The molecule has 1 fully saturated rings. The summed E-state index contributed by atoms with van der Waals surface area (Å²) in [5.41, 5.74) is 6.25. The molecule has 5 rings (SSSR count). The van der Waals surface area contributed by atoms with Crippen LogP contribution in [0.2, 0.25) is 0 Å². The average Bonchev–Trinajstić information content (AvgIpc) is 3.77. The molecule has 2 aliphatic rings. The van der Waals surface area contributed by atoms with Crippen LogP contribution < -0.4 is 19.7 Å². The molecule has 1 atom stereocenters. The van der Waals surface area contributed by atoms with Gasteiger partial charge in [-0.2, -0.15) is 0 Å². The number of anilines is 1. The fourth-order valence-electron chi connectivity index (χ4n) is 5.48. The van der Waals surface area contributed by atoms with Gasteiger partial charge >= 0.3 is 0 Å². The SMILES string of the molecule is COc1ccc(CC2c3ccc(N(C)CC4CC4)cc3CCN2CC(=O)NCc2ccccc2)cc1OC. The second kappa shape index (κ2) is 11.9. The Balaban J connectivity index is 1.36. The van der Waals surface area contributed by atoms with E-state index in [9.17, 15) is 4.79 Å². The minimum Gasteiger partial charge on any atom is -0.493 e. The molecule has 38 heavy (non-hydrogen) atoms. The van der Waals surface area contributed by atoms with Gasteiger partial charge in [0, 0.05) is 38.4 Å². The van der Waals surface area contributed by atoms with Crippen molar-refractivity contribution in [3.8, 4) is 11.5 Å². The molecule has 1 heterocycles. The molecule has 3 aromatic carbocycles. The third-order valence-corrected chi connectivity index (χ3v) is 7.82. The number of hydrogen-bond acceptors (Lipinski definition) is 5. The molecule has 1 aliphatic carbocycles. The summed E-state index contributed by atoms with van der Waals surface area (Å²) in [5, 5.41) is 3.11. The molecule has 0 aromatic heterocycles. The van der Waals surface area contributed by atoms with E-state index in [0.29, 0.717) is 13.1 Å². The van der Waals surface area contributed by atoms with E-state index in [0.717, 1.165) is 54.5 Å². The Bertz CT molecular complexity index is 1240. The van der Waals surface area contributed by atoms with Crippen molar-refractivity contribution >= 4 is 11.6 Å². The molecule has 0 saturated heterocycles. The number of benzene rings is 3. The van der Waals surface area contributed by atoms with Crippen LogP contribution in [0.25, 0.3) is 0 Å². The van der Waals surface area contributed by atoms with E-state index in [1.54, 1.807) is 14.2 Å². The number of fused-ring (bicyclic) bond motifs is 1. The molecular weight excluding hydrogens is 474 g/mol. The minimum atomic E-state index is 0.0513. The van der Waals surface area contributed by atoms with Gasteiger partial charge in [0.1, 0.15) is 0 Å². The monoisotopic (exact) mass is 513 g/mol. The molecule has 6 nitrogen and oxygen atoms in total. The Morgan fingerprint density at radius 3 is 2.50 bits per heavy atom. The first-order chi connectivity index (χ1) is 18.5.